The highest BCUT2D eigenvalue weighted by Gasteiger charge is 2.16. The number of benzene rings is 1. The van der Waals surface area contributed by atoms with Crippen LogP contribution in [0, 0.1) is 0 Å². The minimum atomic E-state index is 0.111. The molecule has 0 aliphatic rings. The number of hydrogen-bond donors (Lipinski definition) is 0. The van der Waals surface area contributed by atoms with Crippen LogP contribution in [0.4, 0.5) is 0 Å². The number of ketones is 1. The van der Waals surface area contributed by atoms with E-state index in [0.29, 0.717) is 11.3 Å². The van der Waals surface area contributed by atoms with E-state index in [0.717, 1.165) is 17.7 Å². The maximum atomic E-state index is 12.3. The molecule has 2 aromatic rings. The third-order valence-electron chi connectivity index (χ3n) is 3.33. The molecule has 0 fully saturated rings. The summed E-state index contributed by atoms with van der Waals surface area (Å²) in [5, 5.41) is 3.99. The third kappa shape index (κ3) is 3.31. The van der Waals surface area contributed by atoms with Crippen LogP contribution in [-0.4, -0.2) is 15.4 Å². The van der Waals surface area contributed by atoms with Gasteiger partial charge >= 0.3 is 0 Å². The molecule has 0 unspecified atom stereocenters. The van der Waals surface area contributed by atoms with Gasteiger partial charge in [0.05, 0.1) is 5.69 Å². The van der Waals surface area contributed by atoms with Crippen LogP contribution in [0.1, 0.15) is 54.2 Å². The number of Topliss-reactive ketones (excluding diaryl/α,β-unsaturated/α-hetero) is 1. The summed E-state index contributed by atoms with van der Waals surface area (Å²) in [5.74, 6) is 0.111. The van der Waals surface area contributed by atoms with E-state index in [2.05, 4.69) is 42.5 Å². The highest BCUT2D eigenvalue weighted by Crippen LogP contribution is 2.23. The Hall–Kier alpha value is -1.55. The van der Waals surface area contributed by atoms with Crippen LogP contribution in [0.5, 0.6) is 0 Å². The van der Waals surface area contributed by atoms with Gasteiger partial charge in [0, 0.05) is 6.42 Å². The first-order valence-electron chi connectivity index (χ1n) is 6.85. The Morgan fingerprint density at radius 1 is 1.20 bits per heavy atom. The van der Waals surface area contributed by atoms with Crippen molar-refractivity contribution in [2.75, 3.05) is 0 Å². The monoisotopic (exact) mass is 288 g/mol. The molecule has 0 atom stereocenters. The maximum absolute atomic E-state index is 12.3. The fraction of sp³-hybridized carbons (Fsp3) is 0.438. The summed E-state index contributed by atoms with van der Waals surface area (Å²) in [5.41, 5.74) is 3.27. The first-order chi connectivity index (χ1) is 9.41. The summed E-state index contributed by atoms with van der Waals surface area (Å²) in [6.07, 6.45) is 1.17. The second-order valence-electron chi connectivity index (χ2n) is 5.95. The smallest absolute Gasteiger partial charge is 0.180 e. The molecule has 3 nitrogen and oxygen atoms in total. The van der Waals surface area contributed by atoms with Crippen LogP contribution in [0.3, 0.4) is 0 Å². The van der Waals surface area contributed by atoms with Gasteiger partial charge in [-0.05, 0) is 34.5 Å². The average molecular weight is 288 g/mol. The molecular formula is C16H20N2OS. The summed E-state index contributed by atoms with van der Waals surface area (Å²) in [7, 11) is 0. The predicted octanol–water partition coefficient (Wildman–Crippen LogP) is 3.82. The highest BCUT2D eigenvalue weighted by atomic mass is 32.1. The molecule has 0 aliphatic heterocycles. The van der Waals surface area contributed by atoms with Gasteiger partial charge in [-0.15, -0.1) is 5.10 Å². The largest absolute Gasteiger partial charge is 0.293 e. The van der Waals surface area contributed by atoms with E-state index in [4.69, 9.17) is 0 Å². The fourth-order valence-corrected chi connectivity index (χ4v) is 2.73. The number of carbonyl (C=O) groups excluding carboxylic acids is 1. The molecule has 2 rings (SSSR count). The van der Waals surface area contributed by atoms with Gasteiger partial charge in [0.1, 0.15) is 4.88 Å². The standard InChI is InChI=1S/C16H20N2OS/c1-5-13-15(20-18-17-13)14(19)10-11-6-8-12(9-7-11)16(2,3)4/h6-9H,5,10H2,1-4H3. The van der Waals surface area contributed by atoms with E-state index in [1.165, 1.54) is 17.1 Å². The molecule has 1 aromatic carbocycles. The van der Waals surface area contributed by atoms with Crippen LogP contribution in [0.2, 0.25) is 0 Å². The molecule has 0 radical (unpaired) electrons. The van der Waals surface area contributed by atoms with Crippen molar-refractivity contribution in [3.8, 4) is 0 Å². The lowest BCUT2D eigenvalue weighted by Gasteiger charge is -2.19. The Kier molecular flexibility index (Phi) is 4.33. The Balaban J connectivity index is 2.13. The molecule has 0 aliphatic carbocycles. The van der Waals surface area contributed by atoms with Gasteiger partial charge in [-0.25, -0.2) is 0 Å². The molecule has 0 saturated heterocycles. The first kappa shape index (κ1) is 14.9. The van der Waals surface area contributed by atoms with E-state index in [-0.39, 0.29) is 11.2 Å². The molecule has 0 spiro atoms. The molecule has 0 saturated carbocycles. The Bertz CT molecular complexity index is 594. The molecule has 20 heavy (non-hydrogen) atoms. The van der Waals surface area contributed by atoms with Gasteiger partial charge in [0.2, 0.25) is 0 Å². The highest BCUT2D eigenvalue weighted by molar-refractivity contribution is 7.08. The molecule has 0 N–H and O–H groups in total. The van der Waals surface area contributed by atoms with Crippen LogP contribution >= 0.6 is 11.5 Å². The quantitative estimate of drug-likeness (QED) is 0.803. The minimum Gasteiger partial charge on any atom is -0.293 e. The molecule has 0 bridgehead atoms. The summed E-state index contributed by atoms with van der Waals surface area (Å²) < 4.78 is 3.87. The number of rotatable bonds is 4. The Morgan fingerprint density at radius 3 is 2.40 bits per heavy atom. The lowest BCUT2D eigenvalue weighted by molar-refractivity contribution is 0.0996. The zero-order chi connectivity index (χ0) is 14.8. The van der Waals surface area contributed by atoms with Crippen LogP contribution in [0.25, 0.3) is 0 Å². The van der Waals surface area contributed by atoms with Gasteiger partial charge in [0.25, 0.3) is 0 Å². The molecular weight excluding hydrogens is 268 g/mol. The molecule has 0 amide bonds. The van der Waals surface area contributed by atoms with Crippen molar-refractivity contribution in [3.63, 3.8) is 0 Å². The molecule has 4 heteroatoms. The van der Waals surface area contributed by atoms with Gasteiger partial charge < -0.3 is 0 Å². The van der Waals surface area contributed by atoms with Crippen LogP contribution in [0.15, 0.2) is 24.3 Å². The second-order valence-corrected chi connectivity index (χ2v) is 6.70. The third-order valence-corrected chi connectivity index (χ3v) is 4.14. The number of nitrogens with zero attached hydrogens (tertiary/aromatic N) is 2. The van der Waals surface area contributed by atoms with Crippen molar-refractivity contribution in [3.05, 3.63) is 46.0 Å². The van der Waals surface area contributed by atoms with E-state index < -0.39 is 0 Å². The van der Waals surface area contributed by atoms with Crippen molar-refractivity contribution in [2.24, 2.45) is 0 Å². The van der Waals surface area contributed by atoms with Crippen molar-refractivity contribution in [1.29, 1.82) is 0 Å². The van der Waals surface area contributed by atoms with Crippen LogP contribution in [-0.2, 0) is 18.3 Å². The van der Waals surface area contributed by atoms with E-state index in [9.17, 15) is 4.79 Å². The minimum absolute atomic E-state index is 0.111. The molecule has 1 aromatic heterocycles. The number of aromatic nitrogens is 2. The van der Waals surface area contributed by atoms with E-state index >= 15 is 0 Å². The number of aryl methyl sites for hydroxylation is 1. The number of carbonyl (C=O) groups is 1. The average Bonchev–Trinajstić information content (AvgIpc) is 2.86. The summed E-state index contributed by atoms with van der Waals surface area (Å²) >= 11 is 1.20. The van der Waals surface area contributed by atoms with Gasteiger partial charge in [0.15, 0.2) is 5.78 Å². The lowest BCUT2D eigenvalue weighted by Crippen LogP contribution is -2.11. The molecule has 106 valence electrons. The zero-order valence-electron chi connectivity index (χ0n) is 12.4. The van der Waals surface area contributed by atoms with Gasteiger partial charge in [-0.3, -0.25) is 4.79 Å². The first-order valence-corrected chi connectivity index (χ1v) is 7.63. The van der Waals surface area contributed by atoms with Crippen molar-refractivity contribution in [2.45, 2.75) is 46.0 Å². The van der Waals surface area contributed by atoms with Crippen molar-refractivity contribution >= 4 is 17.3 Å². The van der Waals surface area contributed by atoms with E-state index in [1.807, 2.05) is 19.1 Å². The normalized spacial score (nSPS) is 11.6. The Labute approximate surface area is 124 Å². The fourth-order valence-electron chi connectivity index (χ4n) is 2.04. The Morgan fingerprint density at radius 2 is 1.85 bits per heavy atom. The lowest BCUT2D eigenvalue weighted by atomic mass is 9.86. The van der Waals surface area contributed by atoms with Crippen molar-refractivity contribution < 1.29 is 4.79 Å². The number of hydrogen-bond acceptors (Lipinski definition) is 4. The maximum Gasteiger partial charge on any atom is 0.180 e. The van der Waals surface area contributed by atoms with E-state index in [1.54, 1.807) is 0 Å². The molecule has 1 heterocycles. The summed E-state index contributed by atoms with van der Waals surface area (Å²) in [6.45, 7) is 8.54. The van der Waals surface area contributed by atoms with Crippen LogP contribution < -0.4 is 0 Å². The van der Waals surface area contributed by atoms with Crippen molar-refractivity contribution in [1.82, 2.24) is 9.59 Å². The topological polar surface area (TPSA) is 42.9 Å². The summed E-state index contributed by atoms with van der Waals surface area (Å²) in [6, 6.07) is 8.29. The second kappa shape index (κ2) is 5.83. The zero-order valence-corrected chi connectivity index (χ0v) is 13.3. The van der Waals surface area contributed by atoms with Gasteiger partial charge in [-0.1, -0.05) is 56.4 Å². The SMILES string of the molecule is CCc1nnsc1C(=O)Cc1ccc(C(C)(C)C)cc1. The van der Waals surface area contributed by atoms with Gasteiger partial charge in [-0.2, -0.15) is 0 Å². The predicted molar refractivity (Wildman–Crippen MR) is 82.5 cm³/mol. The summed E-state index contributed by atoms with van der Waals surface area (Å²) in [4.78, 5) is 13.0.